The van der Waals surface area contributed by atoms with Gasteiger partial charge < -0.3 is 0 Å². The summed E-state index contributed by atoms with van der Waals surface area (Å²) in [7, 11) is 0. The zero-order valence-electron chi connectivity index (χ0n) is 16.0. The van der Waals surface area contributed by atoms with Crippen LogP contribution in [0.4, 0.5) is 26.3 Å². The van der Waals surface area contributed by atoms with E-state index >= 15 is 0 Å². The van der Waals surface area contributed by atoms with Gasteiger partial charge in [0.25, 0.3) is 0 Å². The fourth-order valence-corrected chi connectivity index (χ4v) is 3.79. The molecule has 0 saturated carbocycles. The second kappa shape index (κ2) is 7.81. The van der Waals surface area contributed by atoms with Crippen molar-refractivity contribution < 1.29 is 30.5 Å². The molecule has 33 heavy (non-hydrogen) atoms. The van der Waals surface area contributed by atoms with Gasteiger partial charge in [0.1, 0.15) is 11.6 Å². The predicted octanol–water partition coefficient (Wildman–Crippen LogP) is 5.31. The molecular formula is C21H8F6N4OS. The third-order valence-corrected chi connectivity index (χ3v) is 5.60. The Morgan fingerprint density at radius 2 is 1.03 bits per heavy atom. The van der Waals surface area contributed by atoms with E-state index in [-0.39, 0.29) is 33.9 Å². The van der Waals surface area contributed by atoms with Gasteiger partial charge in [-0.3, -0.25) is 4.18 Å². The minimum absolute atomic E-state index is 0.104. The lowest BCUT2D eigenvalue weighted by molar-refractivity contribution is 0.360. The molecule has 4 aromatic heterocycles. The first kappa shape index (κ1) is 21.3. The van der Waals surface area contributed by atoms with Gasteiger partial charge in [0.05, 0.1) is 33.9 Å². The molecule has 1 aliphatic heterocycles. The van der Waals surface area contributed by atoms with E-state index in [4.69, 9.17) is 4.18 Å². The zero-order chi connectivity index (χ0) is 23.3. The lowest BCUT2D eigenvalue weighted by atomic mass is 10.1. The van der Waals surface area contributed by atoms with Crippen LogP contribution in [0.1, 0.15) is 11.4 Å². The topological polar surface area (TPSA) is 64.1 Å². The van der Waals surface area contributed by atoms with Crippen molar-refractivity contribution in [3.8, 4) is 22.5 Å². The van der Waals surface area contributed by atoms with Crippen LogP contribution >= 0.6 is 12.0 Å². The largest absolute Gasteiger partial charge is 0.279 e. The van der Waals surface area contributed by atoms with Crippen LogP contribution in [0, 0.1) is 35.4 Å². The van der Waals surface area contributed by atoms with Crippen molar-refractivity contribution in [1.82, 2.24) is 19.9 Å². The van der Waals surface area contributed by atoms with Crippen molar-refractivity contribution in [3.05, 3.63) is 95.3 Å². The third kappa shape index (κ3) is 3.91. The molecule has 5 rings (SSSR count). The van der Waals surface area contributed by atoms with Gasteiger partial charge in [-0.1, -0.05) is 0 Å². The monoisotopic (exact) mass is 478 g/mol. The summed E-state index contributed by atoms with van der Waals surface area (Å²) in [5.74, 6) is -6.21. The van der Waals surface area contributed by atoms with Gasteiger partial charge in [-0.05, 0) is 36.4 Å². The number of aromatic nitrogens is 4. The normalized spacial score (nSPS) is 14.4. The van der Waals surface area contributed by atoms with Crippen molar-refractivity contribution in [2.24, 2.45) is 0 Å². The molecule has 0 unspecified atom stereocenters. The van der Waals surface area contributed by atoms with Gasteiger partial charge >= 0.3 is 0 Å². The number of hydrogen-bond donors (Lipinski definition) is 0. The Bertz CT molecular complexity index is 1310. The predicted molar refractivity (Wildman–Crippen MR) is 104 cm³/mol. The molecule has 4 aromatic rings. The summed E-state index contributed by atoms with van der Waals surface area (Å²) >= 11 is 0.763. The van der Waals surface area contributed by atoms with E-state index in [1.807, 2.05) is 0 Å². The van der Waals surface area contributed by atoms with Crippen molar-refractivity contribution in [1.29, 1.82) is 0 Å². The van der Waals surface area contributed by atoms with E-state index in [0.717, 1.165) is 60.6 Å². The highest BCUT2D eigenvalue weighted by Crippen LogP contribution is 2.59. The molecule has 1 fully saturated rings. The molecule has 1 saturated heterocycles. The van der Waals surface area contributed by atoms with Crippen LogP contribution in [-0.4, -0.2) is 19.9 Å². The van der Waals surface area contributed by atoms with Gasteiger partial charge in [0.2, 0.25) is 28.7 Å². The SMILES string of the molecule is Fc1cc(-c2ccc(F)nc2F)nc(C2(c3cc(F)cc(-c4ccc(F)nc4F)n3)OS2)c1. The minimum Gasteiger partial charge on any atom is -0.279 e. The fourth-order valence-electron chi connectivity index (χ4n) is 3.16. The van der Waals surface area contributed by atoms with Gasteiger partial charge in [0, 0.05) is 24.2 Å². The van der Waals surface area contributed by atoms with Gasteiger partial charge in [0.15, 0.2) is 0 Å². The summed E-state index contributed by atoms with van der Waals surface area (Å²) in [5, 5.41) is 0. The van der Waals surface area contributed by atoms with E-state index in [1.54, 1.807) is 0 Å². The first-order valence-electron chi connectivity index (χ1n) is 9.13. The van der Waals surface area contributed by atoms with E-state index in [9.17, 15) is 26.3 Å². The summed E-state index contributed by atoms with van der Waals surface area (Å²) in [6, 6.07) is 7.62. The number of pyridine rings is 4. The van der Waals surface area contributed by atoms with Gasteiger partial charge in [-0.2, -0.15) is 27.5 Å². The molecular weight excluding hydrogens is 470 g/mol. The molecule has 0 bridgehead atoms. The maximum atomic E-state index is 14.4. The highest BCUT2D eigenvalue weighted by Gasteiger charge is 2.55. The van der Waals surface area contributed by atoms with Crippen LogP contribution in [0.5, 0.6) is 0 Å². The Balaban J connectivity index is 1.61. The number of halogens is 6. The smallest absolute Gasteiger partial charge is 0.237 e. The molecule has 12 heteroatoms. The third-order valence-electron chi connectivity index (χ3n) is 4.69. The lowest BCUT2D eigenvalue weighted by Crippen LogP contribution is -2.15. The van der Waals surface area contributed by atoms with Gasteiger partial charge in [-0.25, -0.2) is 18.7 Å². The van der Waals surface area contributed by atoms with Crippen LogP contribution < -0.4 is 0 Å². The quantitative estimate of drug-likeness (QED) is 0.171. The molecule has 0 spiro atoms. The molecule has 166 valence electrons. The lowest BCUT2D eigenvalue weighted by Gasteiger charge is -2.13. The minimum atomic E-state index is -1.58. The fraction of sp³-hybridized carbons (Fsp3) is 0.0476. The molecule has 0 amide bonds. The zero-order valence-corrected chi connectivity index (χ0v) is 16.8. The second-order valence-electron chi connectivity index (χ2n) is 6.84. The van der Waals surface area contributed by atoms with E-state index in [2.05, 4.69) is 19.9 Å². The highest BCUT2D eigenvalue weighted by atomic mass is 32.2. The van der Waals surface area contributed by atoms with Crippen LogP contribution in [0.2, 0.25) is 0 Å². The maximum absolute atomic E-state index is 14.4. The van der Waals surface area contributed by atoms with E-state index in [1.165, 1.54) is 0 Å². The number of nitrogens with zero attached hydrogens (tertiary/aromatic N) is 4. The number of hydrogen-bond acceptors (Lipinski definition) is 6. The van der Waals surface area contributed by atoms with E-state index in [0.29, 0.717) is 0 Å². The Labute approximate surface area is 185 Å². The van der Waals surface area contributed by atoms with Crippen LogP contribution in [0.25, 0.3) is 22.5 Å². The van der Waals surface area contributed by atoms with Crippen molar-refractivity contribution in [3.63, 3.8) is 0 Å². The average molecular weight is 478 g/mol. The van der Waals surface area contributed by atoms with Crippen LogP contribution in [0.15, 0.2) is 48.5 Å². The Kier molecular flexibility index (Phi) is 5.05. The maximum Gasteiger partial charge on any atom is 0.237 e. The van der Waals surface area contributed by atoms with Crippen molar-refractivity contribution in [2.75, 3.05) is 0 Å². The van der Waals surface area contributed by atoms with Crippen LogP contribution in [-0.2, 0) is 9.12 Å². The summed E-state index contributed by atoms with van der Waals surface area (Å²) in [6.45, 7) is 0. The Morgan fingerprint density at radius 1 is 0.606 bits per heavy atom. The summed E-state index contributed by atoms with van der Waals surface area (Å²) in [5.41, 5.74) is -1.18. The van der Waals surface area contributed by atoms with Crippen molar-refractivity contribution >= 4 is 12.0 Å². The summed E-state index contributed by atoms with van der Waals surface area (Å²) < 4.78 is 88.7. The van der Waals surface area contributed by atoms with Gasteiger partial charge in [-0.15, -0.1) is 0 Å². The standard InChI is InChI=1S/C21H8F6N4OS/c22-9-5-13(11-1-3-17(24)30-19(11)26)28-15(7-9)21(32-33-21)16-8-10(23)6-14(29-16)12-2-4-18(25)31-20(12)27/h1-8H. The Morgan fingerprint density at radius 3 is 1.39 bits per heavy atom. The molecule has 0 N–H and O–H groups in total. The molecule has 0 aliphatic carbocycles. The van der Waals surface area contributed by atoms with Crippen LogP contribution in [0.3, 0.4) is 0 Å². The second-order valence-corrected chi connectivity index (χ2v) is 7.75. The molecule has 5 nitrogen and oxygen atoms in total. The highest BCUT2D eigenvalue weighted by molar-refractivity contribution is 8.01. The first-order valence-corrected chi connectivity index (χ1v) is 9.87. The summed E-state index contributed by atoms with van der Waals surface area (Å²) in [6.07, 6.45) is 0. The van der Waals surface area contributed by atoms with E-state index < -0.39 is 40.4 Å². The average Bonchev–Trinajstić information content (AvgIpc) is 3.55. The van der Waals surface area contributed by atoms with Crippen molar-refractivity contribution in [2.45, 2.75) is 4.93 Å². The number of rotatable bonds is 4. The molecule has 0 radical (unpaired) electrons. The molecule has 0 atom stereocenters. The molecule has 5 heterocycles. The summed E-state index contributed by atoms with van der Waals surface area (Å²) in [4.78, 5) is 12.9. The first-order chi connectivity index (χ1) is 15.7. The molecule has 0 aromatic carbocycles. The Hall–Kier alpha value is -3.51. The molecule has 1 aliphatic rings.